The van der Waals surface area contributed by atoms with Crippen molar-refractivity contribution in [3.05, 3.63) is 29.8 Å². The van der Waals surface area contributed by atoms with Crippen molar-refractivity contribution < 1.29 is 9.53 Å². The zero-order valence-electron chi connectivity index (χ0n) is 13.8. The van der Waals surface area contributed by atoms with Crippen molar-refractivity contribution in [1.29, 1.82) is 0 Å². The van der Waals surface area contributed by atoms with Crippen LogP contribution < -0.4 is 10.6 Å². The zero-order valence-corrected chi connectivity index (χ0v) is 13.8. The quantitative estimate of drug-likeness (QED) is 0.781. The number of benzene rings is 1. The molecular weight excluding hydrogens is 264 g/mol. The van der Waals surface area contributed by atoms with Gasteiger partial charge in [0.1, 0.15) is 0 Å². The van der Waals surface area contributed by atoms with Crippen molar-refractivity contribution in [3.63, 3.8) is 0 Å². The summed E-state index contributed by atoms with van der Waals surface area (Å²) in [6.07, 6.45) is 1.05. The van der Waals surface area contributed by atoms with E-state index >= 15 is 0 Å². The van der Waals surface area contributed by atoms with Crippen molar-refractivity contribution in [2.45, 2.75) is 52.6 Å². The summed E-state index contributed by atoms with van der Waals surface area (Å²) in [5, 5.41) is 5.78. The van der Waals surface area contributed by atoms with Crippen LogP contribution in [-0.4, -0.2) is 25.3 Å². The van der Waals surface area contributed by atoms with Crippen LogP contribution in [0.15, 0.2) is 24.3 Å². The minimum absolute atomic E-state index is 0.00498. The van der Waals surface area contributed by atoms with E-state index in [0.29, 0.717) is 13.2 Å². The van der Waals surface area contributed by atoms with Gasteiger partial charge in [0.2, 0.25) is 0 Å². The van der Waals surface area contributed by atoms with Crippen LogP contribution in [0.3, 0.4) is 0 Å². The van der Waals surface area contributed by atoms with Crippen LogP contribution in [0.2, 0.25) is 0 Å². The van der Waals surface area contributed by atoms with Gasteiger partial charge in [0.15, 0.2) is 0 Å². The number of anilines is 1. The van der Waals surface area contributed by atoms with E-state index in [1.165, 1.54) is 0 Å². The van der Waals surface area contributed by atoms with Crippen LogP contribution in [0.5, 0.6) is 0 Å². The van der Waals surface area contributed by atoms with Gasteiger partial charge in [-0.2, -0.15) is 0 Å². The molecule has 0 atom stereocenters. The Morgan fingerprint density at radius 2 is 1.90 bits per heavy atom. The highest BCUT2D eigenvalue weighted by Gasteiger charge is 2.18. The van der Waals surface area contributed by atoms with Crippen molar-refractivity contribution >= 4 is 11.7 Å². The number of hydrogen-bond acceptors (Lipinski definition) is 2. The van der Waals surface area contributed by atoms with Crippen molar-refractivity contribution in [2.75, 3.05) is 18.5 Å². The van der Waals surface area contributed by atoms with Crippen LogP contribution in [0.1, 0.15) is 46.6 Å². The van der Waals surface area contributed by atoms with E-state index in [1.807, 2.05) is 38.1 Å². The molecule has 1 rings (SSSR count). The minimum Gasteiger partial charge on any atom is -0.379 e. The molecule has 0 aliphatic carbocycles. The Morgan fingerprint density at radius 1 is 1.24 bits per heavy atom. The summed E-state index contributed by atoms with van der Waals surface area (Å²) in [4.78, 5) is 11.9. The molecule has 1 aromatic carbocycles. The maximum atomic E-state index is 11.9. The number of para-hydroxylation sites is 1. The number of carbonyl (C=O) groups is 1. The molecule has 0 aromatic heterocycles. The molecule has 0 heterocycles. The molecule has 2 amide bonds. The van der Waals surface area contributed by atoms with Gasteiger partial charge in [0.25, 0.3) is 0 Å². The SMILES string of the molecule is CC(C)OCCCNC(=O)Nc1ccccc1C(C)(C)C. The Labute approximate surface area is 128 Å². The molecule has 4 heteroatoms. The lowest BCUT2D eigenvalue weighted by atomic mass is 9.86. The van der Waals surface area contributed by atoms with Gasteiger partial charge in [-0.15, -0.1) is 0 Å². The smallest absolute Gasteiger partial charge is 0.319 e. The van der Waals surface area contributed by atoms with E-state index in [-0.39, 0.29) is 17.6 Å². The first kappa shape index (κ1) is 17.5. The van der Waals surface area contributed by atoms with Crippen LogP contribution in [0, 0.1) is 0 Å². The fourth-order valence-corrected chi connectivity index (χ4v) is 2.01. The molecule has 0 unspecified atom stereocenters. The Kier molecular flexibility index (Phi) is 6.69. The predicted molar refractivity (Wildman–Crippen MR) is 87.9 cm³/mol. The Hall–Kier alpha value is -1.55. The topological polar surface area (TPSA) is 50.4 Å². The lowest BCUT2D eigenvalue weighted by Gasteiger charge is -2.23. The highest BCUT2D eigenvalue weighted by atomic mass is 16.5. The fraction of sp³-hybridized carbons (Fsp3) is 0.588. The van der Waals surface area contributed by atoms with Gasteiger partial charge in [-0.25, -0.2) is 4.79 Å². The maximum absolute atomic E-state index is 11.9. The minimum atomic E-state index is -0.170. The second-order valence-electron chi connectivity index (χ2n) is 6.45. The van der Waals surface area contributed by atoms with Gasteiger partial charge in [-0.1, -0.05) is 39.0 Å². The summed E-state index contributed by atoms with van der Waals surface area (Å²) in [7, 11) is 0. The molecule has 2 N–H and O–H groups in total. The number of hydrogen-bond donors (Lipinski definition) is 2. The summed E-state index contributed by atoms with van der Waals surface area (Å²) < 4.78 is 5.43. The Balaban J connectivity index is 2.45. The molecule has 0 fully saturated rings. The molecule has 21 heavy (non-hydrogen) atoms. The lowest BCUT2D eigenvalue weighted by Crippen LogP contribution is -2.31. The lowest BCUT2D eigenvalue weighted by molar-refractivity contribution is 0.0775. The number of ether oxygens (including phenoxy) is 1. The molecule has 0 bridgehead atoms. The highest BCUT2D eigenvalue weighted by molar-refractivity contribution is 5.90. The molecule has 4 nitrogen and oxygen atoms in total. The van der Waals surface area contributed by atoms with Gasteiger partial charge >= 0.3 is 6.03 Å². The molecule has 0 aliphatic rings. The third kappa shape index (κ3) is 6.63. The largest absolute Gasteiger partial charge is 0.379 e. The third-order valence-corrected chi connectivity index (χ3v) is 3.04. The Bertz CT molecular complexity index is 450. The summed E-state index contributed by atoms with van der Waals surface area (Å²) >= 11 is 0. The zero-order chi connectivity index (χ0) is 15.9. The molecule has 0 radical (unpaired) electrons. The Morgan fingerprint density at radius 3 is 2.52 bits per heavy atom. The van der Waals surface area contributed by atoms with Crippen LogP contribution in [0.4, 0.5) is 10.5 Å². The van der Waals surface area contributed by atoms with E-state index < -0.39 is 0 Å². The van der Waals surface area contributed by atoms with Gasteiger partial charge in [-0.05, 0) is 37.3 Å². The monoisotopic (exact) mass is 292 g/mol. The first-order valence-corrected chi connectivity index (χ1v) is 7.56. The molecular formula is C17H28N2O2. The van der Waals surface area contributed by atoms with E-state index in [4.69, 9.17) is 4.74 Å². The van der Waals surface area contributed by atoms with Crippen molar-refractivity contribution in [3.8, 4) is 0 Å². The summed E-state index contributed by atoms with van der Waals surface area (Å²) in [6, 6.07) is 7.73. The van der Waals surface area contributed by atoms with Crippen LogP contribution in [-0.2, 0) is 10.2 Å². The van der Waals surface area contributed by atoms with Gasteiger partial charge in [0.05, 0.1) is 6.10 Å². The number of rotatable bonds is 6. The number of carbonyl (C=O) groups excluding carboxylic acids is 1. The molecule has 0 saturated heterocycles. The van der Waals surface area contributed by atoms with E-state index in [1.54, 1.807) is 0 Å². The normalized spacial score (nSPS) is 11.5. The molecule has 0 aliphatic heterocycles. The second-order valence-corrected chi connectivity index (χ2v) is 6.45. The van der Waals surface area contributed by atoms with Gasteiger partial charge in [-0.3, -0.25) is 0 Å². The average molecular weight is 292 g/mol. The van der Waals surface area contributed by atoms with Crippen molar-refractivity contribution in [2.24, 2.45) is 0 Å². The number of nitrogens with one attached hydrogen (secondary N) is 2. The molecule has 0 saturated carbocycles. The fourth-order valence-electron chi connectivity index (χ4n) is 2.01. The standard InChI is InChI=1S/C17H28N2O2/c1-13(2)21-12-8-11-18-16(20)19-15-10-7-6-9-14(15)17(3,4)5/h6-7,9-10,13H,8,11-12H2,1-5H3,(H2,18,19,20). The van der Waals surface area contributed by atoms with E-state index in [2.05, 4.69) is 31.4 Å². The molecule has 1 aromatic rings. The summed E-state index contributed by atoms with van der Waals surface area (Å²) in [5.74, 6) is 0. The number of urea groups is 1. The molecule has 118 valence electrons. The highest BCUT2D eigenvalue weighted by Crippen LogP contribution is 2.29. The average Bonchev–Trinajstić information content (AvgIpc) is 2.37. The van der Waals surface area contributed by atoms with E-state index in [0.717, 1.165) is 17.7 Å². The van der Waals surface area contributed by atoms with Crippen molar-refractivity contribution in [1.82, 2.24) is 5.32 Å². The van der Waals surface area contributed by atoms with Crippen LogP contribution >= 0.6 is 0 Å². The van der Waals surface area contributed by atoms with Gasteiger partial charge in [0, 0.05) is 18.8 Å². The number of amides is 2. The first-order valence-electron chi connectivity index (χ1n) is 7.56. The third-order valence-electron chi connectivity index (χ3n) is 3.04. The first-order chi connectivity index (χ1) is 9.80. The maximum Gasteiger partial charge on any atom is 0.319 e. The predicted octanol–water partition coefficient (Wildman–Crippen LogP) is 3.92. The van der Waals surface area contributed by atoms with Gasteiger partial charge < -0.3 is 15.4 Å². The summed E-state index contributed by atoms with van der Waals surface area (Å²) in [5.41, 5.74) is 1.99. The van der Waals surface area contributed by atoms with Crippen LogP contribution in [0.25, 0.3) is 0 Å². The second kappa shape index (κ2) is 8.03. The summed E-state index contributed by atoms with van der Waals surface area (Å²) in [6.45, 7) is 11.7. The van der Waals surface area contributed by atoms with E-state index in [9.17, 15) is 4.79 Å². The molecule has 0 spiro atoms.